The van der Waals surface area contributed by atoms with Crippen LogP contribution in [0.1, 0.15) is 47.6 Å². The van der Waals surface area contributed by atoms with Crippen LogP contribution in [0.2, 0.25) is 0 Å². The number of hydrogen-bond donors (Lipinski definition) is 1. The predicted octanol–water partition coefficient (Wildman–Crippen LogP) is 4.84. The van der Waals surface area contributed by atoms with Gasteiger partial charge in [-0.15, -0.1) is 5.10 Å². The summed E-state index contributed by atoms with van der Waals surface area (Å²) in [6, 6.07) is 19.4. The van der Waals surface area contributed by atoms with E-state index in [1.54, 1.807) is 4.52 Å². The second-order valence-corrected chi connectivity index (χ2v) is 9.73. The number of thiazole rings is 1. The van der Waals surface area contributed by atoms with Gasteiger partial charge < -0.3 is 10.0 Å². The maximum Gasteiger partial charge on any atom is 0.230 e. The molecule has 1 atom stereocenters. The molecule has 2 aromatic carbocycles. The molecule has 0 amide bonds. The zero-order chi connectivity index (χ0) is 22.2. The van der Waals surface area contributed by atoms with E-state index in [0.29, 0.717) is 11.7 Å². The van der Waals surface area contributed by atoms with Gasteiger partial charge in [-0.3, -0.25) is 4.90 Å². The van der Waals surface area contributed by atoms with E-state index in [9.17, 15) is 5.11 Å². The summed E-state index contributed by atoms with van der Waals surface area (Å²) in [5.41, 5.74) is 3.78. The molecular weight excluding hydrogens is 418 g/mol. The standard InChI is InChI=1S/C25H29N5OS/c1-17(2)19-9-11-20(12-10-19)22(23-24(31)30-25(32-23)26-18(3)27-30)29-15-13-28(14-16-29)21-7-5-4-6-8-21/h4-12,17,22,31H,13-16H2,1-3H3/t22-/m1/s1. The van der Waals surface area contributed by atoms with Crippen molar-refractivity contribution in [2.45, 2.75) is 32.7 Å². The average Bonchev–Trinajstić information content (AvgIpc) is 3.32. The normalized spacial score (nSPS) is 16.2. The number of benzene rings is 2. The lowest BCUT2D eigenvalue weighted by Crippen LogP contribution is -2.47. The first kappa shape index (κ1) is 21.0. The molecule has 0 bridgehead atoms. The first-order valence-corrected chi connectivity index (χ1v) is 12.0. The Morgan fingerprint density at radius 3 is 2.19 bits per heavy atom. The Morgan fingerprint density at radius 1 is 0.906 bits per heavy atom. The number of hydrogen-bond acceptors (Lipinski definition) is 6. The second kappa shape index (κ2) is 8.56. The molecular formula is C25H29N5OS. The number of aromatic nitrogens is 3. The van der Waals surface area contributed by atoms with Crippen LogP contribution in [0, 0.1) is 6.92 Å². The van der Waals surface area contributed by atoms with Crippen LogP contribution in [-0.4, -0.2) is 50.8 Å². The molecule has 0 spiro atoms. The molecule has 3 heterocycles. The lowest BCUT2D eigenvalue weighted by atomic mass is 9.97. The van der Waals surface area contributed by atoms with E-state index < -0.39 is 0 Å². The topological polar surface area (TPSA) is 56.9 Å². The fraction of sp³-hybridized carbons (Fsp3) is 0.360. The smallest absolute Gasteiger partial charge is 0.230 e. The average molecular weight is 448 g/mol. The fourth-order valence-corrected chi connectivity index (χ4v) is 5.66. The van der Waals surface area contributed by atoms with Gasteiger partial charge >= 0.3 is 0 Å². The van der Waals surface area contributed by atoms with Gasteiger partial charge in [0.2, 0.25) is 10.8 Å². The van der Waals surface area contributed by atoms with E-state index in [1.807, 2.05) is 6.92 Å². The summed E-state index contributed by atoms with van der Waals surface area (Å²) in [4.78, 5) is 11.0. The van der Waals surface area contributed by atoms with Crippen molar-refractivity contribution in [1.29, 1.82) is 0 Å². The van der Waals surface area contributed by atoms with E-state index >= 15 is 0 Å². The summed E-state index contributed by atoms with van der Waals surface area (Å²) in [7, 11) is 0. The Hall–Kier alpha value is -2.90. The van der Waals surface area contributed by atoms with Crippen molar-refractivity contribution in [3.8, 4) is 5.88 Å². The molecule has 7 heteroatoms. The summed E-state index contributed by atoms with van der Waals surface area (Å²) >= 11 is 1.53. The monoisotopic (exact) mass is 447 g/mol. The minimum Gasteiger partial charge on any atom is -0.492 e. The van der Waals surface area contributed by atoms with Crippen molar-refractivity contribution in [2.24, 2.45) is 0 Å². The van der Waals surface area contributed by atoms with Crippen molar-refractivity contribution in [3.05, 3.63) is 76.4 Å². The Labute approximate surface area is 192 Å². The molecule has 1 fully saturated rings. The van der Waals surface area contributed by atoms with Crippen LogP contribution in [0.3, 0.4) is 0 Å². The van der Waals surface area contributed by atoms with Gasteiger partial charge in [-0.05, 0) is 36.1 Å². The van der Waals surface area contributed by atoms with E-state index in [0.717, 1.165) is 36.0 Å². The number of rotatable bonds is 5. The molecule has 5 rings (SSSR count). The lowest BCUT2D eigenvalue weighted by molar-refractivity contribution is 0.211. The molecule has 0 unspecified atom stereocenters. The molecule has 0 radical (unpaired) electrons. The van der Waals surface area contributed by atoms with Crippen LogP contribution in [0.25, 0.3) is 4.96 Å². The Kier molecular flexibility index (Phi) is 5.61. The third-order valence-electron chi connectivity index (χ3n) is 6.27. The molecule has 1 aliphatic heterocycles. The van der Waals surface area contributed by atoms with Gasteiger partial charge in [-0.2, -0.15) is 4.52 Å². The number of para-hydroxylation sites is 1. The molecule has 0 saturated carbocycles. The molecule has 1 aliphatic rings. The van der Waals surface area contributed by atoms with Gasteiger partial charge in [-0.1, -0.05) is 67.6 Å². The van der Waals surface area contributed by atoms with Crippen LogP contribution in [-0.2, 0) is 0 Å². The number of aromatic hydroxyl groups is 1. The maximum atomic E-state index is 11.1. The van der Waals surface area contributed by atoms with Gasteiger partial charge in [0.05, 0.1) is 10.9 Å². The van der Waals surface area contributed by atoms with Crippen molar-refractivity contribution < 1.29 is 5.11 Å². The summed E-state index contributed by atoms with van der Waals surface area (Å²) in [6.07, 6.45) is 0. The van der Waals surface area contributed by atoms with Gasteiger partial charge in [0.15, 0.2) is 0 Å². The minimum absolute atomic E-state index is 0.0251. The first-order valence-electron chi connectivity index (χ1n) is 11.2. The lowest BCUT2D eigenvalue weighted by Gasteiger charge is -2.40. The summed E-state index contributed by atoms with van der Waals surface area (Å²) in [5, 5.41) is 15.5. The predicted molar refractivity (Wildman–Crippen MR) is 130 cm³/mol. The number of piperazine rings is 1. The Balaban J connectivity index is 1.48. The molecule has 166 valence electrons. The van der Waals surface area contributed by atoms with E-state index in [-0.39, 0.29) is 11.9 Å². The van der Waals surface area contributed by atoms with Crippen LogP contribution >= 0.6 is 11.3 Å². The SMILES string of the molecule is Cc1nc2sc([C@@H](c3ccc(C(C)C)cc3)N3CCN(c4ccccc4)CC3)c(O)n2n1. The summed E-state index contributed by atoms with van der Waals surface area (Å²) in [5.74, 6) is 1.36. The van der Waals surface area contributed by atoms with Gasteiger partial charge in [0.1, 0.15) is 5.82 Å². The van der Waals surface area contributed by atoms with Crippen LogP contribution in [0.5, 0.6) is 5.88 Å². The van der Waals surface area contributed by atoms with Crippen molar-refractivity contribution in [1.82, 2.24) is 19.5 Å². The molecule has 1 N–H and O–H groups in total. The quantitative estimate of drug-likeness (QED) is 0.474. The highest BCUT2D eigenvalue weighted by Crippen LogP contribution is 2.40. The van der Waals surface area contributed by atoms with E-state index in [1.165, 1.54) is 28.2 Å². The highest BCUT2D eigenvalue weighted by atomic mass is 32.1. The van der Waals surface area contributed by atoms with E-state index in [4.69, 9.17) is 0 Å². The first-order chi connectivity index (χ1) is 15.5. The third-order valence-corrected chi connectivity index (χ3v) is 7.35. The zero-order valence-corrected chi connectivity index (χ0v) is 19.6. The summed E-state index contributed by atoms with van der Waals surface area (Å²) in [6.45, 7) is 10.0. The number of aryl methyl sites for hydroxylation is 1. The van der Waals surface area contributed by atoms with Crippen LogP contribution < -0.4 is 4.90 Å². The zero-order valence-electron chi connectivity index (χ0n) is 18.8. The molecule has 32 heavy (non-hydrogen) atoms. The Bertz CT molecular complexity index is 1190. The highest BCUT2D eigenvalue weighted by molar-refractivity contribution is 7.17. The fourth-order valence-electron chi connectivity index (χ4n) is 4.49. The molecule has 1 saturated heterocycles. The van der Waals surface area contributed by atoms with Crippen LogP contribution in [0.4, 0.5) is 5.69 Å². The number of fused-ring (bicyclic) bond motifs is 1. The second-order valence-electron chi connectivity index (χ2n) is 8.73. The number of nitrogens with zero attached hydrogens (tertiary/aromatic N) is 5. The van der Waals surface area contributed by atoms with Crippen molar-refractivity contribution >= 4 is 22.0 Å². The number of anilines is 1. The van der Waals surface area contributed by atoms with Gasteiger partial charge in [0.25, 0.3) is 0 Å². The Morgan fingerprint density at radius 2 is 1.56 bits per heavy atom. The molecule has 4 aromatic rings. The van der Waals surface area contributed by atoms with Crippen molar-refractivity contribution in [3.63, 3.8) is 0 Å². The van der Waals surface area contributed by atoms with Gasteiger partial charge in [0, 0.05) is 31.9 Å². The highest BCUT2D eigenvalue weighted by Gasteiger charge is 2.31. The van der Waals surface area contributed by atoms with Crippen LogP contribution in [0.15, 0.2) is 54.6 Å². The molecule has 0 aliphatic carbocycles. The maximum absolute atomic E-state index is 11.1. The minimum atomic E-state index is -0.0251. The largest absolute Gasteiger partial charge is 0.492 e. The summed E-state index contributed by atoms with van der Waals surface area (Å²) < 4.78 is 1.57. The molecule has 2 aromatic heterocycles. The van der Waals surface area contributed by atoms with Crippen molar-refractivity contribution in [2.75, 3.05) is 31.1 Å². The van der Waals surface area contributed by atoms with Gasteiger partial charge in [-0.25, -0.2) is 4.98 Å². The third kappa shape index (κ3) is 3.87. The van der Waals surface area contributed by atoms with E-state index in [2.05, 4.69) is 88.3 Å². The molecule has 6 nitrogen and oxygen atoms in total.